The Hall–Kier alpha value is -0.890. The van der Waals surface area contributed by atoms with Gasteiger partial charge in [-0.1, -0.05) is 15.9 Å². The van der Waals surface area contributed by atoms with Gasteiger partial charge in [0.2, 0.25) is 0 Å². The molecule has 0 aliphatic heterocycles. The van der Waals surface area contributed by atoms with Crippen molar-refractivity contribution in [3.63, 3.8) is 0 Å². The van der Waals surface area contributed by atoms with Gasteiger partial charge in [-0.25, -0.2) is 4.79 Å². The van der Waals surface area contributed by atoms with Crippen molar-refractivity contribution in [1.29, 1.82) is 0 Å². The van der Waals surface area contributed by atoms with E-state index in [-0.39, 0.29) is 0 Å². The first-order chi connectivity index (χ1) is 29.0. The topological polar surface area (TPSA) is 186 Å². The number of hydrogen-bond acceptors (Lipinski definition) is 18. The predicted molar refractivity (Wildman–Crippen MR) is 221 cm³/mol. The van der Waals surface area contributed by atoms with Crippen LogP contribution in [-0.4, -0.2) is 235 Å². The third-order valence-corrected chi connectivity index (χ3v) is 7.04. The first-order valence-corrected chi connectivity index (χ1v) is 21.8. The van der Waals surface area contributed by atoms with Gasteiger partial charge < -0.3 is 85.8 Å². The summed E-state index contributed by atoms with van der Waals surface area (Å²) in [6, 6.07) is 0. The smallest absolute Gasteiger partial charge is 0.407 e. The third kappa shape index (κ3) is 55.1. The summed E-state index contributed by atoms with van der Waals surface area (Å²) in [7, 11) is 0. The van der Waals surface area contributed by atoms with E-state index < -0.39 is 11.7 Å². The van der Waals surface area contributed by atoms with Gasteiger partial charge in [-0.05, 0) is 20.8 Å². The van der Waals surface area contributed by atoms with Crippen LogP contribution in [-0.2, 0) is 80.5 Å². The maximum absolute atomic E-state index is 11.5. The Labute approximate surface area is 361 Å². The molecule has 1 N–H and O–H groups in total. The molecule has 0 saturated carbocycles. The largest absolute Gasteiger partial charge is 0.444 e. The molecule has 0 spiro atoms. The average Bonchev–Trinajstić information content (AvgIpc) is 3.21. The molecule has 0 bridgehead atoms. The van der Waals surface area contributed by atoms with Gasteiger partial charge in [-0.15, -0.1) is 0 Å². The monoisotopic (exact) mass is 927 g/mol. The van der Waals surface area contributed by atoms with Crippen molar-refractivity contribution >= 4 is 22.0 Å². The molecule has 0 unspecified atom stereocenters. The van der Waals surface area contributed by atoms with E-state index in [4.69, 9.17) is 80.5 Å². The second-order valence-corrected chi connectivity index (χ2v) is 13.7. The number of alkyl halides is 1. The Balaban J connectivity index is 3.09. The zero-order chi connectivity index (χ0) is 42.8. The molecule has 0 atom stereocenters. The highest BCUT2D eigenvalue weighted by atomic mass is 79.9. The number of nitrogens with one attached hydrogen (secondary N) is 1. The zero-order valence-electron chi connectivity index (χ0n) is 36.3. The molecule has 0 aromatic heterocycles. The Morgan fingerprint density at radius 2 is 0.492 bits per heavy atom. The second kappa shape index (κ2) is 49.8. The fourth-order valence-electron chi connectivity index (χ4n) is 3.99. The zero-order valence-corrected chi connectivity index (χ0v) is 37.9. The van der Waals surface area contributed by atoms with Crippen molar-refractivity contribution < 1.29 is 85.3 Å². The molecule has 19 nitrogen and oxygen atoms in total. The summed E-state index contributed by atoms with van der Waals surface area (Å²) in [5.41, 5.74) is -0.516. The van der Waals surface area contributed by atoms with Gasteiger partial charge in [-0.2, -0.15) is 0 Å². The summed E-state index contributed by atoms with van der Waals surface area (Å²) in [5, 5.41) is 3.46. The number of ether oxygens (including phenoxy) is 17. The summed E-state index contributed by atoms with van der Waals surface area (Å²) >= 11 is 3.30. The number of carbonyl (C=O) groups is 1. The fraction of sp³-hybridized carbons (Fsp3) is 0.974. The Morgan fingerprint density at radius 3 is 0.661 bits per heavy atom. The number of alkyl carbamates (subject to hydrolysis) is 1. The summed E-state index contributed by atoms with van der Waals surface area (Å²) in [5.74, 6) is 0. The molecule has 0 aromatic rings. The van der Waals surface area contributed by atoms with Crippen LogP contribution >= 0.6 is 15.9 Å². The Bertz CT molecular complexity index is 820. The summed E-state index contributed by atoms with van der Waals surface area (Å²) in [6.07, 6.45) is -0.455. The molecular weight excluding hydrogens is 850 g/mol. The van der Waals surface area contributed by atoms with Crippen molar-refractivity contribution in [1.82, 2.24) is 5.32 Å². The SMILES string of the molecule is CC(C)(C)OC(=O)NCCOCCOCCOCCOCCOCCOCCOCCOCCOCCOCCOCCOCCOCCOCCOCCOCCBr. The highest BCUT2D eigenvalue weighted by molar-refractivity contribution is 9.09. The highest BCUT2D eigenvalue weighted by Gasteiger charge is 2.15. The standard InChI is InChI=1S/C39H78BrNO18/c1-39(2,3)59-38(42)41-5-7-44-9-11-46-13-15-48-17-19-50-21-23-52-25-27-54-29-31-56-33-35-58-37-36-57-34-32-55-30-28-53-26-24-51-22-20-49-18-16-47-14-12-45-10-8-43-6-4-40/h4-37H2,1-3H3,(H,41,42). The van der Waals surface area contributed by atoms with Gasteiger partial charge in [0.15, 0.2) is 0 Å². The predicted octanol–water partition coefficient (Wildman–Crippen LogP) is 2.17. The first-order valence-electron chi connectivity index (χ1n) is 20.7. The van der Waals surface area contributed by atoms with Crippen molar-refractivity contribution in [2.75, 3.05) is 223 Å². The van der Waals surface area contributed by atoms with E-state index in [9.17, 15) is 4.79 Å². The van der Waals surface area contributed by atoms with Gasteiger partial charge >= 0.3 is 6.09 Å². The highest BCUT2D eigenvalue weighted by Crippen LogP contribution is 2.06. The normalized spacial score (nSPS) is 11.8. The molecule has 20 heteroatoms. The Kier molecular flexibility index (Phi) is 49.0. The fourth-order valence-corrected chi connectivity index (χ4v) is 4.22. The average molecular weight is 929 g/mol. The van der Waals surface area contributed by atoms with Gasteiger partial charge in [-0.3, -0.25) is 0 Å². The molecule has 0 rings (SSSR count). The molecule has 0 aliphatic rings. The number of hydrogen-bond donors (Lipinski definition) is 1. The van der Waals surface area contributed by atoms with Gasteiger partial charge in [0.05, 0.1) is 211 Å². The maximum atomic E-state index is 11.5. The number of halogens is 1. The lowest BCUT2D eigenvalue weighted by atomic mass is 10.2. The molecule has 0 radical (unpaired) electrons. The van der Waals surface area contributed by atoms with Crippen LogP contribution in [0.15, 0.2) is 0 Å². The quantitative estimate of drug-likeness (QED) is 0.0691. The van der Waals surface area contributed by atoms with Crippen molar-refractivity contribution in [3.05, 3.63) is 0 Å². The van der Waals surface area contributed by atoms with E-state index in [0.717, 1.165) is 5.33 Å². The first kappa shape index (κ1) is 58.1. The molecule has 0 heterocycles. The molecule has 59 heavy (non-hydrogen) atoms. The van der Waals surface area contributed by atoms with E-state index in [1.165, 1.54) is 0 Å². The van der Waals surface area contributed by atoms with Crippen molar-refractivity contribution in [2.24, 2.45) is 0 Å². The summed E-state index contributed by atoms with van der Waals surface area (Å²) < 4.78 is 92.5. The van der Waals surface area contributed by atoms with Gasteiger partial charge in [0, 0.05) is 11.9 Å². The van der Waals surface area contributed by atoms with Crippen LogP contribution in [0.25, 0.3) is 0 Å². The second-order valence-electron chi connectivity index (χ2n) is 12.9. The number of carbonyl (C=O) groups excluding carboxylic acids is 1. The van der Waals surface area contributed by atoms with Crippen LogP contribution in [0.3, 0.4) is 0 Å². The van der Waals surface area contributed by atoms with E-state index in [1.54, 1.807) is 0 Å². The van der Waals surface area contributed by atoms with E-state index in [0.29, 0.717) is 218 Å². The minimum Gasteiger partial charge on any atom is -0.444 e. The minimum atomic E-state index is -0.516. The van der Waals surface area contributed by atoms with Crippen LogP contribution in [0.1, 0.15) is 20.8 Å². The molecular formula is C39H78BrNO18. The maximum Gasteiger partial charge on any atom is 0.407 e. The van der Waals surface area contributed by atoms with Crippen LogP contribution in [0, 0.1) is 0 Å². The number of amides is 1. The number of rotatable bonds is 50. The Morgan fingerprint density at radius 1 is 0.322 bits per heavy atom. The minimum absolute atomic E-state index is 0.379. The van der Waals surface area contributed by atoms with Crippen molar-refractivity contribution in [3.8, 4) is 0 Å². The lowest BCUT2D eigenvalue weighted by molar-refractivity contribution is -0.0303. The van der Waals surface area contributed by atoms with Gasteiger partial charge in [0.1, 0.15) is 5.60 Å². The van der Waals surface area contributed by atoms with Crippen LogP contribution in [0.2, 0.25) is 0 Å². The summed E-state index contributed by atoms with van der Waals surface area (Å²) in [4.78, 5) is 11.5. The molecule has 354 valence electrons. The third-order valence-electron chi connectivity index (χ3n) is 6.72. The molecule has 0 fully saturated rings. The molecule has 0 saturated heterocycles. The van der Waals surface area contributed by atoms with Crippen LogP contribution < -0.4 is 5.32 Å². The molecule has 1 amide bonds. The molecule has 0 aliphatic carbocycles. The van der Waals surface area contributed by atoms with E-state index >= 15 is 0 Å². The van der Waals surface area contributed by atoms with Crippen molar-refractivity contribution in [2.45, 2.75) is 26.4 Å². The van der Waals surface area contributed by atoms with E-state index in [1.807, 2.05) is 20.8 Å². The molecule has 0 aromatic carbocycles. The van der Waals surface area contributed by atoms with Crippen LogP contribution in [0.5, 0.6) is 0 Å². The van der Waals surface area contributed by atoms with Gasteiger partial charge in [0.25, 0.3) is 0 Å². The lowest BCUT2D eigenvalue weighted by Gasteiger charge is -2.19. The van der Waals surface area contributed by atoms with Crippen LogP contribution in [0.4, 0.5) is 4.79 Å². The summed E-state index contributed by atoms with van der Waals surface area (Å²) in [6.45, 7) is 21.9. The van der Waals surface area contributed by atoms with E-state index in [2.05, 4.69) is 21.2 Å². The lowest BCUT2D eigenvalue weighted by Crippen LogP contribution is -2.34.